The van der Waals surface area contributed by atoms with Gasteiger partial charge in [0.25, 0.3) is 0 Å². The first-order valence-electron chi connectivity index (χ1n) is 13.5. The molecule has 0 heterocycles. The van der Waals surface area contributed by atoms with Gasteiger partial charge in [-0.25, -0.2) is 0 Å². The van der Waals surface area contributed by atoms with Gasteiger partial charge in [-0.15, -0.1) is 30.7 Å². The SMILES string of the molecule is C=C[C@]1(C)C[C@@H](OC(=O)CS[C@@H]2CC[C@H](N)C[C@H]2O)[C@]2(C)[C@H](C)CC[C@]3(CCC(=O)[C@H]32)[C@@H](C)[C@@H]1O.Cl. The molecule has 11 atom stereocenters. The molecule has 4 N–H and O–H groups in total. The van der Waals surface area contributed by atoms with E-state index in [2.05, 4.69) is 27.4 Å². The zero-order valence-electron chi connectivity index (χ0n) is 22.3. The van der Waals surface area contributed by atoms with Crippen molar-refractivity contribution in [1.82, 2.24) is 0 Å². The third kappa shape index (κ3) is 4.81. The molecule has 4 fully saturated rings. The summed E-state index contributed by atoms with van der Waals surface area (Å²) in [7, 11) is 0. The Hall–Kier alpha value is -0.600. The minimum Gasteiger partial charge on any atom is -0.461 e. The Kier molecular flexibility index (Phi) is 9.05. The summed E-state index contributed by atoms with van der Waals surface area (Å²) in [6.45, 7) is 12.5. The molecule has 206 valence electrons. The van der Waals surface area contributed by atoms with Crippen molar-refractivity contribution in [3.8, 4) is 0 Å². The van der Waals surface area contributed by atoms with Crippen molar-refractivity contribution in [3.63, 3.8) is 0 Å². The van der Waals surface area contributed by atoms with E-state index in [0.717, 1.165) is 32.1 Å². The highest BCUT2D eigenvalue weighted by Crippen LogP contribution is 2.68. The minimum atomic E-state index is -0.663. The van der Waals surface area contributed by atoms with E-state index >= 15 is 0 Å². The minimum absolute atomic E-state index is 0. The van der Waals surface area contributed by atoms with Gasteiger partial charge in [-0.05, 0) is 62.2 Å². The Balaban J connectivity index is 0.00000361. The lowest BCUT2D eigenvalue weighted by Crippen LogP contribution is -2.63. The van der Waals surface area contributed by atoms with E-state index < -0.39 is 29.1 Å². The summed E-state index contributed by atoms with van der Waals surface area (Å²) in [5, 5.41) is 22.0. The number of carbonyl (C=O) groups is 2. The zero-order chi connectivity index (χ0) is 25.8. The lowest BCUT2D eigenvalue weighted by molar-refractivity contribution is -0.205. The molecule has 0 spiro atoms. The summed E-state index contributed by atoms with van der Waals surface area (Å²) >= 11 is 1.45. The Morgan fingerprint density at radius 3 is 2.56 bits per heavy atom. The molecule has 0 radical (unpaired) electrons. The van der Waals surface area contributed by atoms with E-state index in [1.807, 2.05) is 13.0 Å². The molecule has 8 heteroatoms. The standard InChI is InChI=1S/C28H45NO5S.ClH/c1-6-26(4)14-22(34-23(32)15-35-21-8-7-18(29)13-20(21)31)27(5)16(2)9-11-28(17(3)25(26)33)12-10-19(30)24(27)28;/h6,16-18,20-22,24-25,31,33H,1,7-15,29H2,2-5H3;1H/t16-,17+,18+,20-,21-,22-,24+,25+,26-,27+,28+;/m1./s1. The summed E-state index contributed by atoms with van der Waals surface area (Å²) in [5.41, 5.74) is 4.57. The van der Waals surface area contributed by atoms with E-state index in [4.69, 9.17) is 10.5 Å². The summed E-state index contributed by atoms with van der Waals surface area (Å²) < 4.78 is 6.29. The van der Waals surface area contributed by atoms with Gasteiger partial charge in [-0.1, -0.05) is 33.8 Å². The molecule has 4 rings (SSSR count). The molecule has 6 nitrogen and oxygen atoms in total. The zero-order valence-corrected chi connectivity index (χ0v) is 23.9. The van der Waals surface area contributed by atoms with Gasteiger partial charge in [0.05, 0.1) is 18.0 Å². The van der Waals surface area contributed by atoms with E-state index in [-0.39, 0.29) is 64.4 Å². The highest BCUT2D eigenvalue weighted by Gasteiger charge is 2.68. The molecule has 2 bridgehead atoms. The number of rotatable bonds is 5. The van der Waals surface area contributed by atoms with Crippen LogP contribution in [0.3, 0.4) is 0 Å². The van der Waals surface area contributed by atoms with Crippen LogP contribution >= 0.6 is 24.2 Å². The summed E-state index contributed by atoms with van der Waals surface area (Å²) in [4.78, 5) is 26.7. The summed E-state index contributed by atoms with van der Waals surface area (Å²) in [5.74, 6) is 0.0613. The van der Waals surface area contributed by atoms with Crippen LogP contribution in [-0.2, 0) is 14.3 Å². The van der Waals surface area contributed by atoms with Crippen LogP contribution in [0.25, 0.3) is 0 Å². The van der Waals surface area contributed by atoms with Crippen LogP contribution < -0.4 is 5.73 Å². The fourth-order valence-electron chi connectivity index (χ4n) is 8.21. The molecule has 0 aromatic rings. The largest absolute Gasteiger partial charge is 0.461 e. The molecule has 0 amide bonds. The first kappa shape index (κ1) is 29.9. The second-order valence-electron chi connectivity index (χ2n) is 12.6. The van der Waals surface area contributed by atoms with Crippen molar-refractivity contribution >= 4 is 35.9 Å². The Bertz CT molecular complexity index is 858. The van der Waals surface area contributed by atoms with Crippen LogP contribution in [0.1, 0.15) is 79.1 Å². The van der Waals surface area contributed by atoms with Crippen molar-refractivity contribution in [2.75, 3.05) is 5.75 Å². The summed E-state index contributed by atoms with van der Waals surface area (Å²) in [6, 6.07) is 0.0195. The number of ether oxygens (including phenoxy) is 1. The van der Waals surface area contributed by atoms with Gasteiger partial charge in [-0.2, -0.15) is 0 Å². The van der Waals surface area contributed by atoms with Crippen LogP contribution in [-0.4, -0.2) is 57.3 Å². The van der Waals surface area contributed by atoms with E-state index in [0.29, 0.717) is 19.3 Å². The Morgan fingerprint density at radius 1 is 1.22 bits per heavy atom. The number of hydrogen-bond donors (Lipinski definition) is 3. The number of carbonyl (C=O) groups excluding carboxylic acids is 2. The fraction of sp³-hybridized carbons (Fsp3) is 0.857. The first-order chi connectivity index (χ1) is 16.4. The van der Waals surface area contributed by atoms with Crippen LogP contribution in [0.4, 0.5) is 0 Å². The number of nitrogens with two attached hydrogens (primary N) is 1. The second-order valence-corrected chi connectivity index (χ2v) is 13.8. The fourth-order valence-corrected chi connectivity index (χ4v) is 9.27. The second kappa shape index (κ2) is 10.9. The van der Waals surface area contributed by atoms with Crippen molar-refractivity contribution in [3.05, 3.63) is 12.7 Å². The molecule has 0 aromatic heterocycles. The molecular formula is C28H46ClNO5S. The van der Waals surface area contributed by atoms with Gasteiger partial charge in [0, 0.05) is 34.5 Å². The molecule has 0 saturated heterocycles. The number of Topliss-reactive ketones (excluding diaryl/α,β-unsaturated/α-hetero) is 1. The van der Waals surface area contributed by atoms with E-state index in [9.17, 15) is 19.8 Å². The van der Waals surface area contributed by atoms with E-state index in [1.165, 1.54) is 11.8 Å². The van der Waals surface area contributed by atoms with Crippen LogP contribution in [0.5, 0.6) is 0 Å². The molecule has 0 unspecified atom stereocenters. The summed E-state index contributed by atoms with van der Waals surface area (Å²) in [6.07, 6.45) is 6.01. The van der Waals surface area contributed by atoms with Crippen molar-refractivity contribution in [1.29, 1.82) is 0 Å². The van der Waals surface area contributed by atoms with Crippen LogP contribution in [0.15, 0.2) is 12.7 Å². The van der Waals surface area contributed by atoms with Gasteiger partial charge in [-0.3, -0.25) is 9.59 Å². The molecule has 0 aliphatic heterocycles. The number of aliphatic hydroxyl groups excluding tert-OH is 2. The number of hydrogen-bond acceptors (Lipinski definition) is 7. The number of halogens is 1. The van der Waals surface area contributed by atoms with Crippen molar-refractivity contribution in [2.45, 2.75) is 109 Å². The van der Waals surface area contributed by atoms with Crippen molar-refractivity contribution < 1.29 is 24.5 Å². The lowest BCUT2D eigenvalue weighted by atomic mass is 9.44. The molecule has 4 saturated carbocycles. The monoisotopic (exact) mass is 543 g/mol. The first-order valence-corrected chi connectivity index (χ1v) is 14.5. The molecule has 0 aromatic carbocycles. The van der Waals surface area contributed by atoms with Crippen molar-refractivity contribution in [2.24, 2.45) is 39.7 Å². The normalized spacial score (nSPS) is 48.7. The number of thioether (sulfide) groups is 1. The number of aliphatic hydroxyl groups is 2. The van der Waals surface area contributed by atoms with E-state index in [1.54, 1.807) is 0 Å². The topological polar surface area (TPSA) is 110 Å². The average molecular weight is 544 g/mol. The molecule has 4 aliphatic carbocycles. The lowest BCUT2D eigenvalue weighted by Gasteiger charge is -2.61. The smallest absolute Gasteiger partial charge is 0.316 e. The third-order valence-electron chi connectivity index (χ3n) is 10.8. The van der Waals surface area contributed by atoms with Gasteiger partial charge in [0.15, 0.2) is 0 Å². The van der Waals surface area contributed by atoms with Gasteiger partial charge < -0.3 is 20.7 Å². The van der Waals surface area contributed by atoms with Gasteiger partial charge >= 0.3 is 5.97 Å². The highest BCUT2D eigenvalue weighted by atomic mass is 35.5. The number of esters is 1. The molecular weight excluding hydrogens is 498 g/mol. The quantitative estimate of drug-likeness (QED) is 0.350. The van der Waals surface area contributed by atoms with Gasteiger partial charge in [0.1, 0.15) is 11.9 Å². The molecule has 36 heavy (non-hydrogen) atoms. The maximum atomic E-state index is 13.5. The number of ketones is 1. The Labute approximate surface area is 227 Å². The average Bonchev–Trinajstić information content (AvgIpc) is 3.17. The maximum Gasteiger partial charge on any atom is 0.316 e. The molecule has 4 aliphatic rings. The van der Waals surface area contributed by atoms with Crippen LogP contribution in [0, 0.1) is 34.0 Å². The predicted octanol–water partition coefficient (Wildman–Crippen LogP) is 4.29. The third-order valence-corrected chi connectivity index (χ3v) is 12.2. The highest BCUT2D eigenvalue weighted by molar-refractivity contribution is 8.00. The predicted molar refractivity (Wildman–Crippen MR) is 146 cm³/mol. The van der Waals surface area contributed by atoms with Crippen LogP contribution in [0.2, 0.25) is 0 Å². The van der Waals surface area contributed by atoms with Gasteiger partial charge in [0.2, 0.25) is 0 Å². The Morgan fingerprint density at radius 2 is 1.92 bits per heavy atom. The maximum absolute atomic E-state index is 13.5.